The molecule has 106 valence electrons. The van der Waals surface area contributed by atoms with Crippen molar-refractivity contribution in [3.05, 3.63) is 24.3 Å². The first-order chi connectivity index (χ1) is 8.99. The SMILES string of the molecule is CC(C)C(O)CNC(=O)CCOc1cccc(N)c1. The summed E-state index contributed by atoms with van der Waals surface area (Å²) in [5, 5.41) is 12.2. The number of aliphatic hydroxyl groups excluding tert-OH is 1. The van der Waals surface area contributed by atoms with Gasteiger partial charge in [-0.2, -0.15) is 0 Å². The van der Waals surface area contributed by atoms with Gasteiger partial charge in [0, 0.05) is 18.3 Å². The molecule has 0 aliphatic rings. The highest BCUT2D eigenvalue weighted by Gasteiger charge is 2.10. The van der Waals surface area contributed by atoms with Gasteiger partial charge in [-0.05, 0) is 18.1 Å². The highest BCUT2D eigenvalue weighted by Crippen LogP contribution is 2.14. The summed E-state index contributed by atoms with van der Waals surface area (Å²) in [4.78, 5) is 11.5. The van der Waals surface area contributed by atoms with Gasteiger partial charge in [0.05, 0.1) is 19.1 Å². The summed E-state index contributed by atoms with van der Waals surface area (Å²) in [6.07, 6.45) is -0.265. The Balaban J connectivity index is 2.20. The van der Waals surface area contributed by atoms with Gasteiger partial charge in [-0.1, -0.05) is 19.9 Å². The van der Waals surface area contributed by atoms with Gasteiger partial charge in [-0.3, -0.25) is 4.79 Å². The lowest BCUT2D eigenvalue weighted by Crippen LogP contribution is -2.35. The second-order valence-electron chi connectivity index (χ2n) is 4.79. The molecule has 0 saturated heterocycles. The van der Waals surface area contributed by atoms with Crippen molar-refractivity contribution in [2.75, 3.05) is 18.9 Å². The first-order valence-corrected chi connectivity index (χ1v) is 6.42. The molecule has 1 aromatic carbocycles. The van der Waals surface area contributed by atoms with Gasteiger partial charge in [0.15, 0.2) is 0 Å². The van der Waals surface area contributed by atoms with Crippen LogP contribution in [0.4, 0.5) is 5.69 Å². The van der Waals surface area contributed by atoms with Crippen molar-refractivity contribution in [3.63, 3.8) is 0 Å². The molecule has 1 unspecified atom stereocenters. The summed E-state index contributed by atoms with van der Waals surface area (Å²) in [6.45, 7) is 4.36. The molecule has 0 radical (unpaired) electrons. The average molecular weight is 266 g/mol. The van der Waals surface area contributed by atoms with Crippen molar-refractivity contribution in [3.8, 4) is 5.75 Å². The van der Waals surface area contributed by atoms with Crippen LogP contribution in [0.15, 0.2) is 24.3 Å². The van der Waals surface area contributed by atoms with Crippen molar-refractivity contribution in [1.29, 1.82) is 0 Å². The number of carbonyl (C=O) groups is 1. The Morgan fingerprint density at radius 3 is 2.84 bits per heavy atom. The molecule has 19 heavy (non-hydrogen) atoms. The van der Waals surface area contributed by atoms with Gasteiger partial charge in [-0.15, -0.1) is 0 Å². The highest BCUT2D eigenvalue weighted by molar-refractivity contribution is 5.76. The Morgan fingerprint density at radius 1 is 1.47 bits per heavy atom. The number of nitrogen functional groups attached to an aromatic ring is 1. The third-order valence-electron chi connectivity index (χ3n) is 2.73. The molecule has 0 bridgehead atoms. The minimum Gasteiger partial charge on any atom is -0.493 e. The van der Waals surface area contributed by atoms with E-state index in [4.69, 9.17) is 10.5 Å². The number of anilines is 1. The Morgan fingerprint density at radius 2 is 2.21 bits per heavy atom. The predicted octanol–water partition coefficient (Wildman–Crippen LogP) is 1.17. The fraction of sp³-hybridized carbons (Fsp3) is 0.500. The molecule has 1 amide bonds. The first kappa shape index (κ1) is 15.3. The standard InChI is InChI=1S/C14H22N2O3/c1-10(2)13(17)9-16-14(18)6-7-19-12-5-3-4-11(15)8-12/h3-5,8,10,13,17H,6-7,9,15H2,1-2H3,(H,16,18). The number of hydrogen-bond acceptors (Lipinski definition) is 4. The van der Waals surface area contributed by atoms with Crippen molar-refractivity contribution >= 4 is 11.6 Å². The van der Waals surface area contributed by atoms with E-state index in [1.165, 1.54) is 0 Å². The van der Waals surface area contributed by atoms with E-state index in [0.717, 1.165) is 0 Å². The van der Waals surface area contributed by atoms with E-state index in [2.05, 4.69) is 5.32 Å². The van der Waals surface area contributed by atoms with E-state index in [1.54, 1.807) is 24.3 Å². The van der Waals surface area contributed by atoms with E-state index in [9.17, 15) is 9.90 Å². The number of carbonyl (C=O) groups excluding carboxylic acids is 1. The number of nitrogens with one attached hydrogen (secondary N) is 1. The molecule has 1 aromatic rings. The zero-order valence-corrected chi connectivity index (χ0v) is 11.4. The lowest BCUT2D eigenvalue weighted by Gasteiger charge is -2.15. The molecule has 5 heteroatoms. The van der Waals surface area contributed by atoms with Crippen LogP contribution < -0.4 is 15.8 Å². The largest absolute Gasteiger partial charge is 0.493 e. The summed E-state index contributed by atoms with van der Waals surface area (Å²) in [6, 6.07) is 7.06. The van der Waals surface area contributed by atoms with Gasteiger partial charge in [0.2, 0.25) is 5.91 Å². The van der Waals surface area contributed by atoms with Gasteiger partial charge >= 0.3 is 0 Å². The second kappa shape index (κ2) is 7.63. The van der Waals surface area contributed by atoms with Crippen LogP contribution in [0.3, 0.4) is 0 Å². The molecule has 0 aliphatic carbocycles. The monoisotopic (exact) mass is 266 g/mol. The third-order valence-corrected chi connectivity index (χ3v) is 2.73. The molecule has 0 heterocycles. The molecule has 0 saturated carbocycles. The summed E-state index contributed by atoms with van der Waals surface area (Å²) < 4.78 is 5.41. The minimum absolute atomic E-state index is 0.129. The molecule has 4 N–H and O–H groups in total. The number of hydrogen-bond donors (Lipinski definition) is 3. The fourth-order valence-electron chi connectivity index (χ4n) is 1.41. The summed E-state index contributed by atoms with van der Waals surface area (Å²) in [5.41, 5.74) is 6.24. The highest BCUT2D eigenvalue weighted by atomic mass is 16.5. The molecule has 0 spiro atoms. The van der Waals surface area contributed by atoms with Gasteiger partial charge in [0.25, 0.3) is 0 Å². The van der Waals surface area contributed by atoms with Crippen LogP contribution in [0, 0.1) is 5.92 Å². The quantitative estimate of drug-likeness (QED) is 0.647. The number of amides is 1. The molecule has 1 rings (SSSR count). The summed E-state index contributed by atoms with van der Waals surface area (Å²) in [7, 11) is 0. The lowest BCUT2D eigenvalue weighted by molar-refractivity contribution is -0.122. The summed E-state index contributed by atoms with van der Waals surface area (Å²) in [5.74, 6) is 0.641. The van der Waals surface area contributed by atoms with Crippen LogP contribution in [-0.4, -0.2) is 30.3 Å². The molecule has 0 aromatic heterocycles. The fourth-order valence-corrected chi connectivity index (χ4v) is 1.41. The molecule has 0 aliphatic heterocycles. The molecular weight excluding hydrogens is 244 g/mol. The Labute approximate surface area is 113 Å². The van der Waals surface area contributed by atoms with Crippen LogP contribution in [0.5, 0.6) is 5.75 Å². The molecule has 0 fully saturated rings. The van der Waals surface area contributed by atoms with Crippen molar-refractivity contribution in [1.82, 2.24) is 5.32 Å². The summed E-state index contributed by atoms with van der Waals surface area (Å²) >= 11 is 0. The van der Waals surface area contributed by atoms with Crippen LogP contribution in [0.1, 0.15) is 20.3 Å². The average Bonchev–Trinajstić information content (AvgIpc) is 2.36. The maximum Gasteiger partial charge on any atom is 0.223 e. The van der Waals surface area contributed by atoms with Crippen LogP contribution in [0.2, 0.25) is 0 Å². The normalized spacial score (nSPS) is 12.2. The maximum atomic E-state index is 11.5. The van der Waals surface area contributed by atoms with E-state index in [0.29, 0.717) is 11.4 Å². The number of rotatable bonds is 7. The third kappa shape index (κ3) is 6.10. The van der Waals surface area contributed by atoms with Crippen molar-refractivity contribution in [2.45, 2.75) is 26.4 Å². The zero-order chi connectivity index (χ0) is 14.3. The first-order valence-electron chi connectivity index (χ1n) is 6.42. The van der Waals surface area contributed by atoms with E-state index in [-0.39, 0.29) is 31.4 Å². The van der Waals surface area contributed by atoms with Crippen LogP contribution in [0.25, 0.3) is 0 Å². The molecular formula is C14H22N2O3. The Bertz CT molecular complexity index is 407. The maximum absolute atomic E-state index is 11.5. The van der Waals surface area contributed by atoms with Crippen molar-refractivity contribution in [2.24, 2.45) is 5.92 Å². The smallest absolute Gasteiger partial charge is 0.223 e. The van der Waals surface area contributed by atoms with E-state index < -0.39 is 6.10 Å². The topological polar surface area (TPSA) is 84.6 Å². The Kier molecular flexibility index (Phi) is 6.15. The van der Waals surface area contributed by atoms with Crippen molar-refractivity contribution < 1.29 is 14.6 Å². The van der Waals surface area contributed by atoms with Gasteiger partial charge in [0.1, 0.15) is 5.75 Å². The number of ether oxygens (including phenoxy) is 1. The Hall–Kier alpha value is -1.75. The molecule has 1 atom stereocenters. The van der Waals surface area contributed by atoms with E-state index in [1.807, 2.05) is 13.8 Å². The van der Waals surface area contributed by atoms with Gasteiger partial charge < -0.3 is 20.9 Å². The lowest BCUT2D eigenvalue weighted by atomic mass is 10.1. The molecule has 5 nitrogen and oxygen atoms in total. The number of aliphatic hydroxyl groups is 1. The predicted molar refractivity (Wildman–Crippen MR) is 74.8 cm³/mol. The van der Waals surface area contributed by atoms with Gasteiger partial charge in [-0.25, -0.2) is 0 Å². The van der Waals surface area contributed by atoms with Crippen LogP contribution in [-0.2, 0) is 4.79 Å². The van der Waals surface area contributed by atoms with Crippen LogP contribution >= 0.6 is 0 Å². The number of nitrogens with two attached hydrogens (primary N) is 1. The van der Waals surface area contributed by atoms with E-state index >= 15 is 0 Å². The second-order valence-corrected chi connectivity index (χ2v) is 4.79. The zero-order valence-electron chi connectivity index (χ0n) is 11.4. The number of benzene rings is 1. The minimum atomic E-state index is -0.515.